The maximum absolute atomic E-state index is 11.5. The molecule has 1 heterocycles. The molecule has 0 aromatic heterocycles. The van der Waals surface area contributed by atoms with Gasteiger partial charge in [-0.2, -0.15) is 0 Å². The number of nitrogens with one attached hydrogen (secondary N) is 1. The second-order valence-corrected chi connectivity index (χ2v) is 11.3. The van der Waals surface area contributed by atoms with Gasteiger partial charge in [0.05, 0.1) is 19.1 Å². The van der Waals surface area contributed by atoms with E-state index in [9.17, 15) is 18.0 Å². The van der Waals surface area contributed by atoms with E-state index in [4.69, 9.17) is 10.2 Å². The van der Waals surface area contributed by atoms with Gasteiger partial charge in [-0.05, 0) is 54.5 Å². The van der Waals surface area contributed by atoms with Gasteiger partial charge in [-0.15, -0.1) is 0 Å². The molecule has 8 nitrogen and oxygen atoms in total. The highest BCUT2D eigenvalue weighted by atomic mass is 32.2. The third-order valence-corrected chi connectivity index (χ3v) is 7.56. The number of nitrogens with zero attached hydrogens (tertiary/aromatic N) is 1. The number of anilines is 1. The number of rotatable bonds is 10. The summed E-state index contributed by atoms with van der Waals surface area (Å²) < 4.78 is 25.6. The Hall–Kier alpha value is -2.91. The maximum atomic E-state index is 11.5. The van der Waals surface area contributed by atoms with Crippen LogP contribution in [-0.4, -0.2) is 61.4 Å². The zero-order valence-corrected chi connectivity index (χ0v) is 21.0. The average molecular weight is 503 g/mol. The van der Waals surface area contributed by atoms with Crippen molar-refractivity contribution >= 4 is 27.6 Å². The smallest absolute Gasteiger partial charge is 0.303 e. The minimum Gasteiger partial charge on any atom is -0.481 e. The van der Waals surface area contributed by atoms with Gasteiger partial charge < -0.3 is 15.1 Å². The van der Waals surface area contributed by atoms with Gasteiger partial charge in [0.15, 0.2) is 0 Å². The van der Waals surface area contributed by atoms with E-state index >= 15 is 0 Å². The molecule has 0 radical (unpaired) electrons. The SMILES string of the molecule is CC1(c2cccc(NS(C)(=O)=O)c2)C2CN(CCCc3ccccc3)CC21.O=C(O)CCC(=O)O. The lowest BCUT2D eigenvalue weighted by atomic mass is 9.92. The second-order valence-electron chi connectivity index (χ2n) is 9.59. The van der Waals surface area contributed by atoms with E-state index in [-0.39, 0.29) is 18.3 Å². The number of piperidine rings is 1. The van der Waals surface area contributed by atoms with E-state index in [1.54, 1.807) is 0 Å². The molecule has 0 spiro atoms. The van der Waals surface area contributed by atoms with Crippen molar-refractivity contribution in [2.24, 2.45) is 11.8 Å². The maximum Gasteiger partial charge on any atom is 0.303 e. The second kappa shape index (κ2) is 11.2. The highest BCUT2D eigenvalue weighted by Gasteiger charge is 2.65. The van der Waals surface area contributed by atoms with Gasteiger partial charge in [-0.25, -0.2) is 8.42 Å². The summed E-state index contributed by atoms with van der Waals surface area (Å²) in [7, 11) is -3.24. The van der Waals surface area contributed by atoms with Crippen molar-refractivity contribution in [1.82, 2.24) is 4.90 Å². The van der Waals surface area contributed by atoms with E-state index in [1.807, 2.05) is 18.2 Å². The summed E-state index contributed by atoms with van der Waals surface area (Å²) in [5, 5.41) is 15.8. The molecule has 1 saturated carbocycles. The molecule has 2 aliphatic rings. The lowest BCUT2D eigenvalue weighted by Crippen LogP contribution is -2.30. The Bertz CT molecular complexity index is 1110. The molecule has 190 valence electrons. The molecule has 2 fully saturated rings. The summed E-state index contributed by atoms with van der Waals surface area (Å²) in [5.41, 5.74) is 3.53. The quantitative estimate of drug-likeness (QED) is 0.455. The Kier molecular flexibility index (Phi) is 8.56. The van der Waals surface area contributed by atoms with Crippen LogP contribution in [0.5, 0.6) is 0 Å². The predicted octanol–water partition coefficient (Wildman–Crippen LogP) is 3.45. The molecule has 2 aromatic rings. The van der Waals surface area contributed by atoms with Crippen LogP contribution >= 0.6 is 0 Å². The number of hydrogen-bond acceptors (Lipinski definition) is 5. The number of carboxylic acid groups (broad SMARTS) is 2. The van der Waals surface area contributed by atoms with Crippen molar-refractivity contribution in [1.29, 1.82) is 0 Å². The minimum atomic E-state index is -3.24. The van der Waals surface area contributed by atoms with Crippen LogP contribution in [0.1, 0.15) is 37.3 Å². The normalized spacial score (nSPS) is 23.0. The fourth-order valence-corrected chi connectivity index (χ4v) is 5.63. The van der Waals surface area contributed by atoms with Crippen LogP contribution in [0.3, 0.4) is 0 Å². The number of benzene rings is 2. The van der Waals surface area contributed by atoms with Gasteiger partial charge >= 0.3 is 11.9 Å². The highest BCUT2D eigenvalue weighted by molar-refractivity contribution is 7.92. The van der Waals surface area contributed by atoms with Crippen LogP contribution in [0.4, 0.5) is 5.69 Å². The monoisotopic (exact) mass is 502 g/mol. The van der Waals surface area contributed by atoms with Gasteiger partial charge in [0.1, 0.15) is 0 Å². The van der Waals surface area contributed by atoms with Crippen molar-refractivity contribution < 1.29 is 28.2 Å². The van der Waals surface area contributed by atoms with E-state index in [0.29, 0.717) is 17.5 Å². The van der Waals surface area contributed by atoms with E-state index < -0.39 is 22.0 Å². The highest BCUT2D eigenvalue weighted by Crippen LogP contribution is 2.63. The predicted molar refractivity (Wildman–Crippen MR) is 135 cm³/mol. The summed E-state index contributed by atoms with van der Waals surface area (Å²) in [6, 6.07) is 18.6. The Labute approximate surface area is 207 Å². The summed E-state index contributed by atoms with van der Waals surface area (Å²) in [4.78, 5) is 21.9. The number of carboxylic acids is 2. The van der Waals surface area contributed by atoms with Crippen LogP contribution in [0.2, 0.25) is 0 Å². The van der Waals surface area contributed by atoms with Gasteiger partial charge in [-0.3, -0.25) is 14.3 Å². The fourth-order valence-electron chi connectivity index (χ4n) is 5.07. The molecule has 35 heavy (non-hydrogen) atoms. The Morgan fingerprint density at radius 3 is 2.14 bits per heavy atom. The molecule has 1 aliphatic heterocycles. The molecule has 3 N–H and O–H groups in total. The molecule has 2 aromatic carbocycles. The summed E-state index contributed by atoms with van der Waals surface area (Å²) >= 11 is 0. The molecule has 9 heteroatoms. The number of likely N-dealkylation sites (tertiary alicyclic amines) is 1. The van der Waals surface area contributed by atoms with Gasteiger partial charge in [0, 0.05) is 24.2 Å². The third kappa shape index (κ3) is 7.53. The van der Waals surface area contributed by atoms with Crippen LogP contribution < -0.4 is 4.72 Å². The van der Waals surface area contributed by atoms with Crippen LogP contribution in [-0.2, 0) is 31.4 Å². The minimum absolute atomic E-state index is 0.186. The first-order valence-electron chi connectivity index (χ1n) is 11.8. The average Bonchev–Trinajstić information content (AvgIpc) is 3.12. The topological polar surface area (TPSA) is 124 Å². The first-order chi connectivity index (χ1) is 16.5. The molecular weight excluding hydrogens is 468 g/mol. The van der Waals surface area contributed by atoms with Crippen molar-refractivity contribution in [2.75, 3.05) is 30.6 Å². The van der Waals surface area contributed by atoms with E-state index in [2.05, 4.69) is 52.9 Å². The van der Waals surface area contributed by atoms with Gasteiger partial charge in [-0.1, -0.05) is 49.4 Å². The largest absolute Gasteiger partial charge is 0.481 e. The molecule has 0 bridgehead atoms. The zero-order valence-electron chi connectivity index (χ0n) is 20.2. The van der Waals surface area contributed by atoms with Crippen molar-refractivity contribution in [2.45, 2.75) is 38.0 Å². The summed E-state index contributed by atoms with van der Waals surface area (Å²) in [6.07, 6.45) is 2.95. The molecule has 1 saturated heterocycles. The van der Waals surface area contributed by atoms with Gasteiger partial charge in [0.25, 0.3) is 0 Å². The summed E-state index contributed by atoms with van der Waals surface area (Å²) in [6.45, 7) is 5.80. The van der Waals surface area contributed by atoms with Crippen LogP contribution in [0.25, 0.3) is 0 Å². The number of aliphatic carboxylic acids is 2. The molecule has 1 aliphatic carbocycles. The van der Waals surface area contributed by atoms with E-state index in [1.165, 1.54) is 23.8 Å². The zero-order chi connectivity index (χ0) is 25.6. The van der Waals surface area contributed by atoms with Crippen LogP contribution in [0, 0.1) is 11.8 Å². The summed E-state index contributed by atoms with van der Waals surface area (Å²) in [5.74, 6) is -0.787. The molecule has 2 atom stereocenters. The first-order valence-corrected chi connectivity index (χ1v) is 13.7. The number of hydrogen-bond donors (Lipinski definition) is 3. The lowest BCUT2D eigenvalue weighted by molar-refractivity contribution is -0.143. The molecule has 2 unspecified atom stereocenters. The van der Waals surface area contributed by atoms with Gasteiger partial charge in [0.2, 0.25) is 10.0 Å². The first kappa shape index (κ1) is 26.7. The van der Waals surface area contributed by atoms with Crippen molar-refractivity contribution in [3.63, 3.8) is 0 Å². The third-order valence-electron chi connectivity index (χ3n) is 6.95. The van der Waals surface area contributed by atoms with Crippen molar-refractivity contribution in [3.05, 3.63) is 65.7 Å². The molecule has 0 amide bonds. The number of sulfonamides is 1. The standard InChI is InChI=1S/C22H28N2O2S.C4H6O4/c1-22(18-11-6-12-19(14-18)23-27(2,25)26)20-15-24(16-21(20)22)13-7-10-17-8-4-3-5-9-17;5-3(6)1-2-4(7)8/h3-6,8-9,11-12,14,20-21,23H,7,10,13,15-16H2,1-2H3;1-2H2,(H,5,6)(H,7,8). The Morgan fingerprint density at radius 2 is 1.60 bits per heavy atom. The van der Waals surface area contributed by atoms with Crippen LogP contribution in [0.15, 0.2) is 54.6 Å². The lowest BCUT2D eigenvalue weighted by Gasteiger charge is -2.24. The number of carbonyl (C=O) groups is 2. The number of fused-ring (bicyclic) bond motifs is 1. The molecular formula is C26H34N2O6S. The van der Waals surface area contributed by atoms with E-state index in [0.717, 1.165) is 26.1 Å². The Balaban J connectivity index is 0.000000371. The fraction of sp³-hybridized carbons (Fsp3) is 0.462. The Morgan fingerprint density at radius 1 is 1.00 bits per heavy atom. The molecule has 4 rings (SSSR count). The van der Waals surface area contributed by atoms with Crippen molar-refractivity contribution in [3.8, 4) is 0 Å². The number of aryl methyl sites for hydroxylation is 1.